The highest BCUT2D eigenvalue weighted by molar-refractivity contribution is 5.89. The Morgan fingerprint density at radius 1 is 0.967 bits per heavy atom. The van der Waals surface area contributed by atoms with Crippen LogP contribution in [0.5, 0.6) is 5.88 Å². The van der Waals surface area contributed by atoms with Gasteiger partial charge in [-0.05, 0) is 48.9 Å². The number of hydrogen-bond acceptors (Lipinski definition) is 4. The molecule has 2 amide bonds. The van der Waals surface area contributed by atoms with E-state index in [1.807, 2.05) is 70.4 Å². The molecule has 2 aliphatic rings. The molecular formula is C23H25N5O2. The number of carbonyl (C=O) groups excluding carboxylic acids is 1. The number of amides is 2. The fourth-order valence-electron chi connectivity index (χ4n) is 4.73. The minimum absolute atomic E-state index is 0.0295. The molecule has 3 aromatic rings. The van der Waals surface area contributed by atoms with Crippen molar-refractivity contribution >= 4 is 11.7 Å². The van der Waals surface area contributed by atoms with Gasteiger partial charge in [-0.25, -0.2) is 9.78 Å². The number of carbonyl (C=O) groups is 1. The van der Waals surface area contributed by atoms with Gasteiger partial charge in [0, 0.05) is 43.4 Å². The van der Waals surface area contributed by atoms with Gasteiger partial charge in [0.05, 0.1) is 6.04 Å². The third-order valence-corrected chi connectivity index (χ3v) is 6.17. The van der Waals surface area contributed by atoms with Crippen molar-refractivity contribution in [1.29, 1.82) is 0 Å². The zero-order chi connectivity index (χ0) is 20.3. The molecule has 5 rings (SSSR count). The number of benzene rings is 1. The first kappa shape index (κ1) is 18.7. The average molecular weight is 403 g/mol. The molecule has 7 nitrogen and oxygen atoms in total. The van der Waals surface area contributed by atoms with E-state index in [1.165, 1.54) is 0 Å². The van der Waals surface area contributed by atoms with Crippen LogP contribution >= 0.6 is 0 Å². The molecule has 1 N–H and O–H groups in total. The van der Waals surface area contributed by atoms with Crippen molar-refractivity contribution in [3.05, 3.63) is 73.2 Å². The van der Waals surface area contributed by atoms with Gasteiger partial charge in [0.25, 0.3) is 0 Å². The zero-order valence-electron chi connectivity index (χ0n) is 16.7. The molecule has 4 atom stereocenters. The van der Waals surface area contributed by atoms with Gasteiger partial charge in [-0.2, -0.15) is 5.10 Å². The van der Waals surface area contributed by atoms with Gasteiger partial charge < -0.3 is 15.0 Å². The average Bonchev–Trinajstić information content (AvgIpc) is 3.44. The molecule has 30 heavy (non-hydrogen) atoms. The Morgan fingerprint density at radius 3 is 2.50 bits per heavy atom. The molecule has 1 saturated heterocycles. The number of rotatable bonds is 4. The van der Waals surface area contributed by atoms with E-state index in [0.29, 0.717) is 17.7 Å². The Bertz CT molecular complexity index is 964. The Hall–Kier alpha value is -3.35. The summed E-state index contributed by atoms with van der Waals surface area (Å²) in [7, 11) is 0. The largest absolute Gasteiger partial charge is 0.472 e. The van der Waals surface area contributed by atoms with Gasteiger partial charge in [-0.3, -0.25) is 4.68 Å². The van der Waals surface area contributed by atoms with E-state index < -0.39 is 0 Å². The first-order valence-corrected chi connectivity index (χ1v) is 10.4. The standard InChI is InChI=1S/C23H25N5O2/c29-23(26-19-7-2-1-3-8-19)27-15-17-13-20(28-12-6-11-25-28)21(14-18(17)16-27)30-22-9-4-5-10-24-22/h1-12,17-18,20-21H,13-16H2,(H,26,29)/t17-,18+,20-,21-/m0/s1. The van der Waals surface area contributed by atoms with Crippen molar-refractivity contribution < 1.29 is 9.53 Å². The number of likely N-dealkylation sites (tertiary alicyclic amines) is 1. The monoisotopic (exact) mass is 403 g/mol. The summed E-state index contributed by atoms with van der Waals surface area (Å²) in [6, 6.07) is 17.3. The van der Waals surface area contributed by atoms with Crippen LogP contribution in [0.25, 0.3) is 0 Å². The van der Waals surface area contributed by atoms with E-state index in [9.17, 15) is 4.79 Å². The highest BCUT2D eigenvalue weighted by Gasteiger charge is 2.45. The zero-order valence-corrected chi connectivity index (χ0v) is 16.7. The molecule has 1 saturated carbocycles. The van der Waals surface area contributed by atoms with E-state index >= 15 is 0 Å². The molecule has 2 fully saturated rings. The highest BCUT2D eigenvalue weighted by atomic mass is 16.5. The number of urea groups is 1. The number of aromatic nitrogens is 3. The number of hydrogen-bond donors (Lipinski definition) is 1. The number of nitrogens with one attached hydrogen (secondary N) is 1. The van der Waals surface area contributed by atoms with E-state index in [1.54, 1.807) is 12.4 Å². The molecule has 154 valence electrons. The molecular weight excluding hydrogens is 378 g/mol. The number of nitrogens with zero attached hydrogens (tertiary/aromatic N) is 4. The Balaban J connectivity index is 1.31. The summed E-state index contributed by atoms with van der Waals surface area (Å²) in [6.45, 7) is 1.51. The Morgan fingerprint density at radius 2 is 1.77 bits per heavy atom. The maximum atomic E-state index is 12.8. The number of anilines is 1. The van der Waals surface area contributed by atoms with Crippen LogP contribution in [0.15, 0.2) is 73.2 Å². The van der Waals surface area contributed by atoms with E-state index in [2.05, 4.69) is 15.4 Å². The van der Waals surface area contributed by atoms with E-state index in [0.717, 1.165) is 31.6 Å². The maximum Gasteiger partial charge on any atom is 0.321 e. The van der Waals surface area contributed by atoms with Crippen LogP contribution in [0.1, 0.15) is 18.9 Å². The summed E-state index contributed by atoms with van der Waals surface area (Å²) in [5.74, 6) is 1.48. The Labute approximate surface area is 175 Å². The second kappa shape index (κ2) is 8.18. The van der Waals surface area contributed by atoms with Crippen LogP contribution in [0.3, 0.4) is 0 Å². The van der Waals surface area contributed by atoms with Gasteiger partial charge in [0.2, 0.25) is 5.88 Å². The molecule has 3 heterocycles. The SMILES string of the molecule is O=C(Nc1ccccc1)N1C[C@H]2C[C@H](Oc3ccccn3)[C@@H](n3cccn3)C[C@H]2C1. The second-order valence-electron chi connectivity index (χ2n) is 8.07. The van der Waals surface area contributed by atoms with Crippen molar-refractivity contribution in [2.45, 2.75) is 25.0 Å². The normalized spacial score (nSPS) is 25.5. The predicted octanol–water partition coefficient (Wildman–Crippen LogP) is 3.84. The lowest BCUT2D eigenvalue weighted by Gasteiger charge is -2.37. The first-order valence-electron chi connectivity index (χ1n) is 10.4. The topological polar surface area (TPSA) is 72.3 Å². The van der Waals surface area contributed by atoms with Crippen LogP contribution in [0, 0.1) is 11.8 Å². The molecule has 1 aliphatic carbocycles. The lowest BCUT2D eigenvalue weighted by Crippen LogP contribution is -2.40. The van der Waals surface area contributed by atoms with Crippen LogP contribution in [-0.2, 0) is 0 Å². The van der Waals surface area contributed by atoms with Crippen molar-refractivity contribution in [2.75, 3.05) is 18.4 Å². The lowest BCUT2D eigenvalue weighted by atomic mass is 9.77. The Kier molecular flexibility index (Phi) is 5.09. The summed E-state index contributed by atoms with van der Waals surface area (Å²) in [6.07, 6.45) is 7.32. The van der Waals surface area contributed by atoms with Crippen molar-refractivity contribution in [2.24, 2.45) is 11.8 Å². The smallest absolute Gasteiger partial charge is 0.321 e. The number of fused-ring (bicyclic) bond motifs is 1. The van der Waals surface area contributed by atoms with Crippen LogP contribution in [-0.4, -0.2) is 44.9 Å². The van der Waals surface area contributed by atoms with Crippen molar-refractivity contribution in [1.82, 2.24) is 19.7 Å². The highest BCUT2D eigenvalue weighted by Crippen LogP contribution is 2.42. The van der Waals surface area contributed by atoms with E-state index in [4.69, 9.17) is 4.74 Å². The lowest BCUT2D eigenvalue weighted by molar-refractivity contribution is 0.0459. The van der Waals surface area contributed by atoms with Crippen molar-refractivity contribution in [3.63, 3.8) is 0 Å². The minimum atomic E-state index is -0.0339. The minimum Gasteiger partial charge on any atom is -0.472 e. The molecule has 0 radical (unpaired) electrons. The summed E-state index contributed by atoms with van der Waals surface area (Å²) in [5, 5.41) is 7.49. The second-order valence-corrected chi connectivity index (χ2v) is 8.07. The molecule has 0 bridgehead atoms. The predicted molar refractivity (Wildman–Crippen MR) is 113 cm³/mol. The fraction of sp³-hybridized carbons (Fsp3) is 0.348. The molecule has 0 spiro atoms. The van der Waals surface area contributed by atoms with Gasteiger partial charge in [-0.1, -0.05) is 24.3 Å². The van der Waals surface area contributed by atoms with Crippen LogP contribution < -0.4 is 10.1 Å². The summed E-state index contributed by atoms with van der Waals surface area (Å²) in [5.41, 5.74) is 0.822. The van der Waals surface area contributed by atoms with Gasteiger partial charge in [-0.15, -0.1) is 0 Å². The fourth-order valence-corrected chi connectivity index (χ4v) is 4.73. The molecule has 7 heteroatoms. The van der Waals surface area contributed by atoms with E-state index in [-0.39, 0.29) is 18.2 Å². The molecule has 2 aromatic heterocycles. The summed E-state index contributed by atoms with van der Waals surface area (Å²) >= 11 is 0. The van der Waals surface area contributed by atoms with Gasteiger partial charge in [0.15, 0.2) is 0 Å². The quantitative estimate of drug-likeness (QED) is 0.718. The third kappa shape index (κ3) is 3.87. The van der Waals surface area contributed by atoms with Crippen LogP contribution in [0.4, 0.5) is 10.5 Å². The molecule has 1 aliphatic heterocycles. The van der Waals surface area contributed by atoms with Crippen molar-refractivity contribution in [3.8, 4) is 5.88 Å². The molecule has 0 unspecified atom stereocenters. The summed E-state index contributed by atoms with van der Waals surface area (Å²) < 4.78 is 8.30. The molecule has 1 aromatic carbocycles. The number of ether oxygens (including phenoxy) is 1. The summed E-state index contributed by atoms with van der Waals surface area (Å²) in [4.78, 5) is 19.1. The third-order valence-electron chi connectivity index (χ3n) is 6.17. The van der Waals surface area contributed by atoms with Gasteiger partial charge in [0.1, 0.15) is 6.10 Å². The van der Waals surface area contributed by atoms with Crippen LogP contribution in [0.2, 0.25) is 0 Å². The first-order chi connectivity index (χ1) is 14.8. The number of para-hydroxylation sites is 1. The van der Waals surface area contributed by atoms with Gasteiger partial charge >= 0.3 is 6.03 Å². The number of pyridine rings is 1. The maximum absolute atomic E-state index is 12.8.